The highest BCUT2D eigenvalue weighted by Gasteiger charge is 2.14. The first kappa shape index (κ1) is 12.4. The van der Waals surface area contributed by atoms with E-state index in [-0.39, 0.29) is 22.5 Å². The predicted molar refractivity (Wildman–Crippen MR) is 70.1 cm³/mol. The Morgan fingerprint density at radius 3 is 2.50 bits per heavy atom. The number of nitrogens with zero attached hydrogens (tertiary/aromatic N) is 2. The number of carbonyl (C=O) groups excluding carboxylic acids is 1. The number of aromatic hydroxyl groups is 1. The number of aromatic nitrogens is 1. The van der Waals surface area contributed by atoms with Crippen LogP contribution in [0.5, 0.6) is 5.75 Å². The van der Waals surface area contributed by atoms with Gasteiger partial charge in [0.05, 0.1) is 0 Å². The molecule has 0 aliphatic carbocycles. The van der Waals surface area contributed by atoms with Crippen LogP contribution in [0.15, 0.2) is 42.5 Å². The Morgan fingerprint density at radius 1 is 1.22 bits per heavy atom. The Bertz CT molecular complexity index is 569. The highest BCUT2D eigenvalue weighted by atomic mass is 35.5. The van der Waals surface area contributed by atoms with Crippen LogP contribution in [0.4, 0.5) is 5.69 Å². The second kappa shape index (κ2) is 5.06. The quantitative estimate of drug-likeness (QED) is 0.847. The molecule has 4 nitrogen and oxygen atoms in total. The van der Waals surface area contributed by atoms with Crippen LogP contribution in [-0.2, 0) is 0 Å². The van der Waals surface area contributed by atoms with Gasteiger partial charge in [-0.25, -0.2) is 4.98 Å². The summed E-state index contributed by atoms with van der Waals surface area (Å²) in [4.78, 5) is 17.5. The molecule has 2 aromatic rings. The van der Waals surface area contributed by atoms with Crippen LogP contribution in [0, 0.1) is 0 Å². The maximum Gasteiger partial charge on any atom is 0.276 e. The zero-order valence-corrected chi connectivity index (χ0v) is 10.4. The molecule has 0 aliphatic heterocycles. The van der Waals surface area contributed by atoms with E-state index in [1.54, 1.807) is 37.4 Å². The Balaban J connectivity index is 2.26. The van der Waals surface area contributed by atoms with Crippen LogP contribution in [0.1, 0.15) is 10.5 Å². The summed E-state index contributed by atoms with van der Waals surface area (Å²) in [5, 5.41) is 9.47. The monoisotopic (exact) mass is 262 g/mol. The summed E-state index contributed by atoms with van der Waals surface area (Å²) in [6.45, 7) is 0. The third-order valence-electron chi connectivity index (χ3n) is 2.48. The summed E-state index contributed by atoms with van der Waals surface area (Å²) < 4.78 is 0. The summed E-state index contributed by atoms with van der Waals surface area (Å²) in [6, 6.07) is 11.2. The van der Waals surface area contributed by atoms with Gasteiger partial charge in [0.15, 0.2) is 0 Å². The molecule has 0 saturated heterocycles. The number of pyridine rings is 1. The highest BCUT2D eigenvalue weighted by Crippen LogP contribution is 2.19. The smallest absolute Gasteiger partial charge is 0.276 e. The van der Waals surface area contributed by atoms with Gasteiger partial charge in [-0.15, -0.1) is 0 Å². The molecule has 1 N–H and O–H groups in total. The van der Waals surface area contributed by atoms with Crippen molar-refractivity contribution in [3.63, 3.8) is 0 Å². The lowest BCUT2D eigenvalue weighted by Gasteiger charge is -2.16. The lowest BCUT2D eigenvalue weighted by molar-refractivity contribution is 0.0988. The van der Waals surface area contributed by atoms with Crippen LogP contribution in [0.3, 0.4) is 0 Å². The molecular formula is C13H11ClN2O2. The summed E-state index contributed by atoms with van der Waals surface area (Å²) in [5.74, 6) is -0.108. The summed E-state index contributed by atoms with van der Waals surface area (Å²) in [6.07, 6.45) is 0. The zero-order chi connectivity index (χ0) is 13.1. The van der Waals surface area contributed by atoms with Gasteiger partial charge >= 0.3 is 0 Å². The lowest BCUT2D eigenvalue weighted by Crippen LogP contribution is -2.26. The number of phenols is 1. The molecule has 0 radical (unpaired) electrons. The highest BCUT2D eigenvalue weighted by molar-refractivity contribution is 6.29. The molecule has 0 fully saturated rings. The fourth-order valence-electron chi connectivity index (χ4n) is 1.49. The fourth-order valence-corrected chi connectivity index (χ4v) is 1.66. The average molecular weight is 263 g/mol. The van der Waals surface area contributed by atoms with Gasteiger partial charge in [-0.2, -0.15) is 0 Å². The SMILES string of the molecule is CN(C(=O)c1cccc(Cl)n1)c1ccc(O)cc1. The second-order valence-corrected chi connectivity index (χ2v) is 4.11. The van der Waals surface area contributed by atoms with Crippen LogP contribution in [-0.4, -0.2) is 23.0 Å². The maximum absolute atomic E-state index is 12.1. The fraction of sp³-hybridized carbons (Fsp3) is 0.0769. The lowest BCUT2D eigenvalue weighted by atomic mass is 10.2. The molecule has 0 spiro atoms. The normalized spacial score (nSPS) is 10.1. The number of hydrogen-bond donors (Lipinski definition) is 1. The number of carbonyl (C=O) groups is 1. The van der Waals surface area contributed by atoms with Crippen molar-refractivity contribution < 1.29 is 9.90 Å². The van der Waals surface area contributed by atoms with Crippen molar-refractivity contribution in [3.05, 3.63) is 53.3 Å². The molecule has 1 amide bonds. The minimum atomic E-state index is -0.261. The number of rotatable bonds is 2. The van der Waals surface area contributed by atoms with Gasteiger partial charge in [0.1, 0.15) is 16.6 Å². The van der Waals surface area contributed by atoms with Crippen molar-refractivity contribution in [2.24, 2.45) is 0 Å². The summed E-state index contributed by atoms with van der Waals surface area (Å²) in [7, 11) is 1.64. The van der Waals surface area contributed by atoms with E-state index in [0.29, 0.717) is 5.69 Å². The molecule has 1 aromatic heterocycles. The molecular weight excluding hydrogens is 252 g/mol. The topological polar surface area (TPSA) is 53.4 Å². The van der Waals surface area contributed by atoms with Gasteiger partial charge in [0.25, 0.3) is 5.91 Å². The summed E-state index contributed by atoms with van der Waals surface area (Å²) in [5.41, 5.74) is 0.942. The molecule has 0 unspecified atom stereocenters. The standard InChI is InChI=1S/C13H11ClN2O2/c1-16(9-5-7-10(17)8-6-9)13(18)11-3-2-4-12(14)15-11/h2-8,17H,1H3. The number of phenolic OH excluding ortho intramolecular Hbond substituents is 1. The van der Waals surface area contributed by atoms with Gasteiger partial charge in [-0.05, 0) is 36.4 Å². The molecule has 0 atom stereocenters. The third kappa shape index (κ3) is 2.60. The molecule has 0 bridgehead atoms. The van der Waals surface area contributed by atoms with Crippen LogP contribution in [0.25, 0.3) is 0 Å². The average Bonchev–Trinajstić information content (AvgIpc) is 2.38. The van der Waals surface area contributed by atoms with E-state index in [2.05, 4.69) is 4.98 Å². The van der Waals surface area contributed by atoms with Crippen molar-refractivity contribution in [1.29, 1.82) is 0 Å². The maximum atomic E-state index is 12.1. The van der Waals surface area contributed by atoms with E-state index in [4.69, 9.17) is 11.6 Å². The Labute approximate surface area is 109 Å². The molecule has 1 heterocycles. The predicted octanol–water partition coefficient (Wildman–Crippen LogP) is 2.72. The first-order chi connectivity index (χ1) is 8.58. The van der Waals surface area contributed by atoms with E-state index in [1.807, 2.05) is 0 Å². The van der Waals surface area contributed by atoms with E-state index in [9.17, 15) is 9.90 Å². The zero-order valence-electron chi connectivity index (χ0n) is 9.67. The molecule has 0 aliphatic rings. The first-order valence-corrected chi connectivity index (χ1v) is 5.65. The molecule has 5 heteroatoms. The van der Waals surface area contributed by atoms with Crippen molar-refractivity contribution >= 4 is 23.2 Å². The molecule has 1 aromatic carbocycles. The van der Waals surface area contributed by atoms with Gasteiger partial charge in [0, 0.05) is 12.7 Å². The van der Waals surface area contributed by atoms with Gasteiger partial charge in [-0.3, -0.25) is 4.79 Å². The van der Waals surface area contributed by atoms with Crippen LogP contribution < -0.4 is 4.90 Å². The van der Waals surface area contributed by atoms with Gasteiger partial charge in [-0.1, -0.05) is 17.7 Å². The van der Waals surface area contributed by atoms with E-state index < -0.39 is 0 Å². The third-order valence-corrected chi connectivity index (χ3v) is 2.69. The summed E-state index contributed by atoms with van der Waals surface area (Å²) >= 11 is 5.75. The number of anilines is 1. The Kier molecular flexibility index (Phi) is 3.48. The van der Waals surface area contributed by atoms with Gasteiger partial charge < -0.3 is 10.0 Å². The van der Waals surface area contributed by atoms with E-state index in [0.717, 1.165) is 0 Å². The minimum absolute atomic E-state index is 0.153. The number of amides is 1. The first-order valence-electron chi connectivity index (χ1n) is 5.27. The molecule has 2 rings (SSSR count). The van der Waals surface area contributed by atoms with Crippen molar-refractivity contribution in [3.8, 4) is 5.75 Å². The van der Waals surface area contributed by atoms with Crippen molar-refractivity contribution in [2.45, 2.75) is 0 Å². The minimum Gasteiger partial charge on any atom is -0.508 e. The number of benzene rings is 1. The second-order valence-electron chi connectivity index (χ2n) is 3.73. The van der Waals surface area contributed by atoms with Crippen LogP contribution >= 0.6 is 11.6 Å². The van der Waals surface area contributed by atoms with E-state index >= 15 is 0 Å². The van der Waals surface area contributed by atoms with Crippen molar-refractivity contribution in [2.75, 3.05) is 11.9 Å². The largest absolute Gasteiger partial charge is 0.508 e. The van der Waals surface area contributed by atoms with Crippen molar-refractivity contribution in [1.82, 2.24) is 4.98 Å². The Morgan fingerprint density at radius 2 is 1.89 bits per heavy atom. The molecule has 18 heavy (non-hydrogen) atoms. The van der Waals surface area contributed by atoms with E-state index in [1.165, 1.54) is 17.0 Å². The molecule has 0 saturated carbocycles. The van der Waals surface area contributed by atoms with Crippen LogP contribution in [0.2, 0.25) is 5.15 Å². The Hall–Kier alpha value is -2.07. The molecule has 92 valence electrons. The van der Waals surface area contributed by atoms with Gasteiger partial charge in [0.2, 0.25) is 0 Å². The number of halogens is 1. The number of hydrogen-bond acceptors (Lipinski definition) is 3.